The number of fused-ring (bicyclic) bond motifs is 7. The minimum atomic E-state index is -0.233. The molecule has 0 spiro atoms. The number of hydrogen-bond acceptors (Lipinski definition) is 2. The van der Waals surface area contributed by atoms with E-state index in [0.717, 1.165) is 61.3 Å². The fourth-order valence-corrected chi connectivity index (χ4v) is 10.0. The van der Waals surface area contributed by atoms with E-state index in [1.807, 2.05) is 89.8 Å². The molecule has 0 radical (unpaired) electrons. The summed E-state index contributed by atoms with van der Waals surface area (Å²) < 4.78 is 40.8. The van der Waals surface area contributed by atoms with Crippen LogP contribution in [0, 0.1) is 0 Å². The molecule has 0 unspecified atom stereocenters. The van der Waals surface area contributed by atoms with E-state index in [1.54, 1.807) is 0 Å². The third kappa shape index (κ3) is 6.04. The van der Waals surface area contributed by atoms with Crippen LogP contribution in [0.5, 0.6) is 0 Å². The van der Waals surface area contributed by atoms with Crippen molar-refractivity contribution in [3.8, 4) is 27.9 Å². The van der Waals surface area contributed by atoms with Crippen LogP contribution in [0.15, 0.2) is 236 Å². The van der Waals surface area contributed by atoms with Gasteiger partial charge in [-0.05, 0) is 124 Å². The zero-order valence-electron chi connectivity index (χ0n) is 39.5. The Morgan fingerprint density at radius 2 is 0.938 bits per heavy atom. The Morgan fingerprint density at radius 3 is 1.70 bits per heavy atom. The van der Waals surface area contributed by atoms with Crippen molar-refractivity contribution in [2.24, 2.45) is 0 Å². The molecular weight excluding hydrogens is 775 g/mol. The quantitative estimate of drug-likeness (QED) is 0.151. The summed E-state index contributed by atoms with van der Waals surface area (Å²) in [6.45, 7) is 4.62. The van der Waals surface area contributed by atoms with Gasteiger partial charge >= 0.3 is 0 Å². The Morgan fingerprint density at radius 1 is 0.375 bits per heavy atom. The molecule has 1 aromatic heterocycles. The Kier molecular flexibility index (Phi) is 7.87. The number of aromatic nitrogens is 1. The molecule has 3 nitrogen and oxygen atoms in total. The van der Waals surface area contributed by atoms with Crippen LogP contribution in [0.25, 0.3) is 60.5 Å². The molecule has 10 aromatic carbocycles. The molecule has 3 heteroatoms. The first-order valence-corrected chi connectivity index (χ1v) is 21.9. The number of rotatable bonds is 8. The minimum absolute atomic E-state index is 0.104. The Balaban J connectivity index is 1.09. The van der Waals surface area contributed by atoms with Crippen LogP contribution in [0.3, 0.4) is 0 Å². The number of para-hydroxylation sites is 4. The predicted molar refractivity (Wildman–Crippen MR) is 271 cm³/mol. The van der Waals surface area contributed by atoms with Gasteiger partial charge in [0.2, 0.25) is 0 Å². The van der Waals surface area contributed by atoms with Gasteiger partial charge in [-0.25, -0.2) is 0 Å². The van der Waals surface area contributed by atoms with Gasteiger partial charge in [0.15, 0.2) is 0 Å². The summed E-state index contributed by atoms with van der Waals surface area (Å²) >= 11 is 0. The highest BCUT2D eigenvalue weighted by Crippen LogP contribution is 2.51. The second kappa shape index (κ2) is 15.0. The maximum absolute atomic E-state index is 9.66. The van der Waals surface area contributed by atoms with E-state index >= 15 is 0 Å². The normalized spacial score (nSPS) is 13.5. The predicted octanol–water partition coefficient (Wildman–Crippen LogP) is 16.8. The van der Waals surface area contributed by atoms with E-state index in [4.69, 9.17) is 0 Å². The lowest BCUT2D eigenvalue weighted by Crippen LogP contribution is -2.16. The Bertz CT molecular complexity index is 3700. The lowest BCUT2D eigenvalue weighted by atomic mass is 9.82. The second-order valence-corrected chi connectivity index (χ2v) is 17.0. The molecule has 1 heterocycles. The minimum Gasteiger partial charge on any atom is -0.311 e. The number of hydrogen-bond donors (Lipinski definition) is 0. The lowest BCUT2D eigenvalue weighted by Gasteiger charge is -2.29. The van der Waals surface area contributed by atoms with Crippen molar-refractivity contribution in [1.82, 2.24) is 4.57 Å². The molecule has 12 rings (SSSR count). The molecule has 0 N–H and O–H groups in total. The molecule has 0 fully saturated rings. The standard InChI is InChI=1S/C61H45N3/c1-61(2)56-29-14-12-24-51(56)52-38-36-47(40-57(52)61)63(48-37-39-55-54-25-13-15-30-59(54)64(60(55)41-48)45-22-10-5-11-23-45)58-31-17-27-50-49(26-16-28-53(50)58)42-32-34-46(35-33-42)62(43-18-6-3-7-19-43)44-20-8-4-9-21-44/h3-41H,1-2H3/i32D,33D,34D,35D. The molecule has 0 aliphatic heterocycles. The molecule has 0 atom stereocenters. The van der Waals surface area contributed by atoms with Crippen LogP contribution in [-0.2, 0) is 5.41 Å². The van der Waals surface area contributed by atoms with Gasteiger partial charge in [-0.1, -0.05) is 165 Å². The van der Waals surface area contributed by atoms with Crippen molar-refractivity contribution in [2.75, 3.05) is 9.80 Å². The first-order chi connectivity index (χ1) is 33.2. The van der Waals surface area contributed by atoms with Gasteiger partial charge in [-0.3, -0.25) is 0 Å². The van der Waals surface area contributed by atoms with E-state index in [-0.39, 0.29) is 40.8 Å². The number of nitrogens with zero attached hydrogens (tertiary/aromatic N) is 3. The van der Waals surface area contributed by atoms with E-state index in [1.165, 1.54) is 27.6 Å². The zero-order chi connectivity index (χ0) is 46.3. The summed E-state index contributed by atoms with van der Waals surface area (Å²) in [5.74, 6) is 0. The first kappa shape index (κ1) is 33.5. The fraction of sp³-hybridized carbons (Fsp3) is 0.0492. The maximum Gasteiger partial charge on any atom is 0.0645 e. The molecule has 1 aliphatic carbocycles. The van der Waals surface area contributed by atoms with Gasteiger partial charge in [0.1, 0.15) is 0 Å². The summed E-state index contributed by atoms with van der Waals surface area (Å²) in [7, 11) is 0. The van der Waals surface area contributed by atoms with Crippen molar-refractivity contribution < 1.29 is 5.48 Å². The Labute approximate surface area is 380 Å². The molecule has 0 saturated carbocycles. The molecule has 0 saturated heterocycles. The highest BCUT2D eigenvalue weighted by atomic mass is 15.2. The maximum atomic E-state index is 9.66. The van der Waals surface area contributed by atoms with Crippen molar-refractivity contribution in [2.45, 2.75) is 19.3 Å². The van der Waals surface area contributed by atoms with Crippen molar-refractivity contribution in [3.63, 3.8) is 0 Å². The summed E-state index contributed by atoms with van der Waals surface area (Å²) in [6, 6.07) is 72.4. The number of anilines is 6. The van der Waals surface area contributed by atoms with Gasteiger partial charge in [0.05, 0.1) is 22.2 Å². The first-order valence-electron chi connectivity index (χ1n) is 23.9. The molecule has 0 bridgehead atoms. The average molecular weight is 824 g/mol. The lowest BCUT2D eigenvalue weighted by molar-refractivity contribution is 0.660. The van der Waals surface area contributed by atoms with Gasteiger partial charge < -0.3 is 14.4 Å². The highest BCUT2D eigenvalue weighted by molar-refractivity contribution is 6.11. The smallest absolute Gasteiger partial charge is 0.0645 e. The summed E-state index contributed by atoms with van der Waals surface area (Å²) in [5.41, 5.74) is 13.6. The molecule has 1 aliphatic rings. The molecular formula is C61H45N3. The molecule has 304 valence electrons. The van der Waals surface area contributed by atoms with Crippen molar-refractivity contribution >= 4 is 66.7 Å². The Hall–Kier alpha value is -8.14. The van der Waals surface area contributed by atoms with Crippen molar-refractivity contribution in [1.29, 1.82) is 0 Å². The molecule has 11 aromatic rings. The van der Waals surface area contributed by atoms with E-state index in [0.29, 0.717) is 5.56 Å². The van der Waals surface area contributed by atoms with Gasteiger partial charge in [0.25, 0.3) is 0 Å². The topological polar surface area (TPSA) is 11.4 Å². The van der Waals surface area contributed by atoms with Gasteiger partial charge in [0, 0.05) is 55.7 Å². The SMILES string of the molecule is [2H]c1c([2H])c(N(c2ccccc2)c2ccccc2)c([2H])c([2H])c1-c1cccc2c(N(c3ccc4c(c3)C(C)(C)c3ccccc3-4)c3ccc4c5ccccc5n(-c5ccccc5)c4c3)cccc12. The van der Waals surface area contributed by atoms with Crippen LogP contribution in [0.2, 0.25) is 0 Å². The van der Waals surface area contributed by atoms with E-state index in [2.05, 4.69) is 151 Å². The van der Waals surface area contributed by atoms with Crippen molar-refractivity contribution in [3.05, 3.63) is 248 Å². The molecule has 64 heavy (non-hydrogen) atoms. The van der Waals surface area contributed by atoms with Crippen LogP contribution < -0.4 is 9.80 Å². The third-order valence-corrected chi connectivity index (χ3v) is 13.0. The summed E-state index contributed by atoms with van der Waals surface area (Å²) in [6.07, 6.45) is 0. The number of benzene rings is 10. The van der Waals surface area contributed by atoms with Crippen LogP contribution in [0.4, 0.5) is 34.1 Å². The van der Waals surface area contributed by atoms with Gasteiger partial charge in [-0.15, -0.1) is 0 Å². The van der Waals surface area contributed by atoms with E-state index < -0.39 is 0 Å². The average Bonchev–Trinajstić information content (AvgIpc) is 3.83. The van der Waals surface area contributed by atoms with Crippen LogP contribution in [0.1, 0.15) is 30.5 Å². The summed E-state index contributed by atoms with van der Waals surface area (Å²) in [4.78, 5) is 4.15. The largest absolute Gasteiger partial charge is 0.311 e. The third-order valence-electron chi connectivity index (χ3n) is 13.0. The monoisotopic (exact) mass is 823 g/mol. The van der Waals surface area contributed by atoms with Crippen LogP contribution >= 0.6 is 0 Å². The van der Waals surface area contributed by atoms with Crippen LogP contribution in [-0.4, -0.2) is 4.57 Å². The summed E-state index contributed by atoms with van der Waals surface area (Å²) in [5, 5.41) is 4.06. The molecule has 0 amide bonds. The fourth-order valence-electron chi connectivity index (χ4n) is 10.0. The highest BCUT2D eigenvalue weighted by Gasteiger charge is 2.36. The zero-order valence-corrected chi connectivity index (χ0v) is 35.5. The second-order valence-electron chi connectivity index (χ2n) is 17.0. The van der Waals surface area contributed by atoms with Gasteiger partial charge in [-0.2, -0.15) is 0 Å². The van der Waals surface area contributed by atoms with E-state index in [9.17, 15) is 5.48 Å².